The van der Waals surface area contributed by atoms with Crippen LogP contribution in [0.5, 0.6) is 0 Å². The molecule has 4 N–H and O–H groups in total. The average molecular weight is 471 g/mol. The van der Waals surface area contributed by atoms with E-state index in [2.05, 4.69) is 20.3 Å². The van der Waals surface area contributed by atoms with Crippen molar-refractivity contribution in [3.63, 3.8) is 0 Å². The number of carboxylic acid groups (broad SMARTS) is 1. The van der Waals surface area contributed by atoms with E-state index in [0.29, 0.717) is 0 Å². The van der Waals surface area contributed by atoms with Crippen LogP contribution in [0, 0.1) is 0 Å². The van der Waals surface area contributed by atoms with Gasteiger partial charge < -0.3 is 25.7 Å². The second kappa shape index (κ2) is 8.81. The molecule has 1 aromatic heterocycles. The van der Waals surface area contributed by atoms with Gasteiger partial charge in [-0.25, -0.2) is 9.78 Å². The topological polar surface area (TPSA) is 191 Å². The second-order valence-corrected chi connectivity index (χ2v) is 8.73. The van der Waals surface area contributed by atoms with Gasteiger partial charge in [-0.05, 0) is 0 Å². The molecule has 3 atom stereocenters. The molecule has 2 aliphatic rings. The van der Waals surface area contributed by atoms with Crippen LogP contribution in [0.3, 0.4) is 0 Å². The molecule has 1 saturated heterocycles. The number of hydrogen-bond donors (Lipinski definition) is 3. The monoisotopic (exact) mass is 471 g/mol. The van der Waals surface area contributed by atoms with Crippen LogP contribution in [-0.2, 0) is 39.6 Å². The third kappa shape index (κ3) is 4.27. The standard InChI is InChI=1S/C16H17N5O8S2/c1-6(22)29-3-7-5-31(27)14-10(13(24)21(14)11(7)15(25)26)19-12(23)9(20-28-2)8-4-30-16(17)18-8/h4,10,14H,3,5H2,1-2H3,(H2,17,18)(H,19,23)(H,25,26)/b20-9+/t10-,14-,31?/m1/s1. The highest BCUT2D eigenvalue weighted by Crippen LogP contribution is 2.35. The van der Waals surface area contributed by atoms with Gasteiger partial charge in [0.15, 0.2) is 10.8 Å². The van der Waals surface area contributed by atoms with Gasteiger partial charge in [-0.15, -0.1) is 11.3 Å². The van der Waals surface area contributed by atoms with Crippen molar-refractivity contribution in [3.8, 4) is 0 Å². The zero-order valence-electron chi connectivity index (χ0n) is 16.2. The quantitative estimate of drug-likeness (QED) is 0.180. The number of rotatable bonds is 7. The van der Waals surface area contributed by atoms with Crippen molar-refractivity contribution < 1.29 is 38.1 Å². The first-order chi connectivity index (χ1) is 14.6. The summed E-state index contributed by atoms with van der Waals surface area (Å²) in [6.45, 7) is 0.727. The molecule has 13 nitrogen and oxygen atoms in total. The third-order valence-corrected chi connectivity index (χ3v) is 6.63. The molecule has 31 heavy (non-hydrogen) atoms. The van der Waals surface area contributed by atoms with E-state index in [0.717, 1.165) is 23.2 Å². The molecule has 15 heteroatoms. The summed E-state index contributed by atoms with van der Waals surface area (Å²) in [5.41, 5.74) is 5.04. The number of nitrogen functional groups attached to an aromatic ring is 1. The van der Waals surface area contributed by atoms with Crippen LogP contribution >= 0.6 is 11.3 Å². The van der Waals surface area contributed by atoms with Crippen LogP contribution in [0.15, 0.2) is 21.8 Å². The molecule has 0 spiro atoms. The maximum atomic E-state index is 12.7. The Labute approximate surface area is 181 Å². The minimum Gasteiger partial charge on any atom is -0.477 e. The maximum absolute atomic E-state index is 12.7. The van der Waals surface area contributed by atoms with Crippen molar-refractivity contribution in [2.45, 2.75) is 18.3 Å². The van der Waals surface area contributed by atoms with Gasteiger partial charge in [0.25, 0.3) is 11.8 Å². The number of oxime groups is 1. The Morgan fingerprint density at radius 1 is 1.48 bits per heavy atom. The van der Waals surface area contributed by atoms with Gasteiger partial charge in [0.2, 0.25) is 0 Å². The van der Waals surface area contributed by atoms with Crippen molar-refractivity contribution in [2.24, 2.45) is 5.16 Å². The van der Waals surface area contributed by atoms with Gasteiger partial charge in [0.1, 0.15) is 36.5 Å². The first-order valence-corrected chi connectivity index (χ1v) is 10.8. The summed E-state index contributed by atoms with van der Waals surface area (Å²) in [7, 11) is -0.549. The van der Waals surface area contributed by atoms with E-state index in [1.807, 2.05) is 0 Å². The van der Waals surface area contributed by atoms with E-state index in [1.54, 1.807) is 0 Å². The number of carbonyl (C=O) groups excluding carboxylic acids is 3. The molecule has 3 rings (SSSR count). The zero-order valence-corrected chi connectivity index (χ0v) is 17.8. The highest BCUT2D eigenvalue weighted by Gasteiger charge is 2.57. The predicted molar refractivity (Wildman–Crippen MR) is 107 cm³/mol. The molecule has 2 aliphatic heterocycles. The van der Waals surface area contributed by atoms with E-state index in [1.165, 1.54) is 12.5 Å². The van der Waals surface area contributed by atoms with Crippen LogP contribution < -0.4 is 11.1 Å². The van der Waals surface area contributed by atoms with E-state index in [9.17, 15) is 28.5 Å². The molecular weight excluding hydrogens is 454 g/mol. The molecule has 0 aromatic carbocycles. The fourth-order valence-corrected chi connectivity index (χ4v) is 5.27. The van der Waals surface area contributed by atoms with Crippen LogP contribution in [0.1, 0.15) is 12.6 Å². The van der Waals surface area contributed by atoms with Crippen molar-refractivity contribution in [1.29, 1.82) is 0 Å². The number of carbonyl (C=O) groups is 4. The molecule has 1 aromatic rings. The van der Waals surface area contributed by atoms with Gasteiger partial charge in [-0.2, -0.15) is 0 Å². The van der Waals surface area contributed by atoms with E-state index in [-0.39, 0.29) is 27.9 Å². The van der Waals surface area contributed by atoms with Crippen molar-refractivity contribution in [3.05, 3.63) is 22.3 Å². The Kier molecular flexibility index (Phi) is 6.35. The average Bonchev–Trinajstić information content (AvgIpc) is 3.13. The van der Waals surface area contributed by atoms with E-state index < -0.39 is 58.3 Å². The van der Waals surface area contributed by atoms with Gasteiger partial charge in [0, 0.05) is 17.9 Å². The number of esters is 1. The Hall–Kier alpha value is -3.33. The Morgan fingerprint density at radius 3 is 2.74 bits per heavy atom. The summed E-state index contributed by atoms with van der Waals surface area (Å²) in [4.78, 5) is 57.5. The molecular formula is C16H17N5O8S2. The minimum absolute atomic E-state index is 0.0370. The number of hydrogen-bond acceptors (Lipinski definition) is 11. The predicted octanol–water partition coefficient (Wildman–Crippen LogP) is -1.61. The van der Waals surface area contributed by atoms with Crippen LogP contribution in [0.4, 0.5) is 5.13 Å². The second-order valence-electron chi connectivity index (χ2n) is 6.31. The van der Waals surface area contributed by atoms with Crippen molar-refractivity contribution in [2.75, 3.05) is 25.2 Å². The first kappa shape index (κ1) is 22.4. The molecule has 1 unspecified atom stereocenters. The largest absolute Gasteiger partial charge is 0.477 e. The fraction of sp³-hybridized carbons (Fsp3) is 0.375. The molecule has 3 heterocycles. The summed E-state index contributed by atoms with van der Waals surface area (Å²) in [6.07, 6.45) is 0. The number of aromatic nitrogens is 1. The number of aliphatic carboxylic acids is 1. The molecule has 0 saturated carbocycles. The van der Waals surface area contributed by atoms with Gasteiger partial charge in [-0.3, -0.25) is 23.5 Å². The number of carboxylic acids is 1. The smallest absolute Gasteiger partial charge is 0.352 e. The molecule has 0 aliphatic carbocycles. The summed E-state index contributed by atoms with van der Waals surface area (Å²) in [5.74, 6) is -3.95. The number of nitrogens with two attached hydrogens (primary N) is 1. The number of nitrogens with zero attached hydrogens (tertiary/aromatic N) is 3. The van der Waals surface area contributed by atoms with Crippen molar-refractivity contribution in [1.82, 2.24) is 15.2 Å². The molecule has 166 valence electrons. The van der Waals surface area contributed by atoms with Crippen molar-refractivity contribution >= 4 is 56.7 Å². The Balaban J connectivity index is 1.84. The number of amides is 2. The summed E-state index contributed by atoms with van der Waals surface area (Å²) in [6, 6.07) is -1.25. The van der Waals surface area contributed by atoms with Gasteiger partial charge in [0.05, 0.1) is 16.6 Å². The van der Waals surface area contributed by atoms with Crippen LogP contribution in [0.2, 0.25) is 0 Å². The highest BCUT2D eigenvalue weighted by molar-refractivity contribution is 7.86. The first-order valence-electron chi connectivity index (χ1n) is 8.58. The Morgan fingerprint density at radius 2 is 2.19 bits per heavy atom. The number of anilines is 1. The van der Waals surface area contributed by atoms with Crippen LogP contribution in [0.25, 0.3) is 0 Å². The van der Waals surface area contributed by atoms with E-state index in [4.69, 9.17) is 10.5 Å². The number of nitrogens with one attached hydrogen (secondary N) is 1. The molecule has 2 amide bonds. The van der Waals surface area contributed by atoms with Gasteiger partial charge >= 0.3 is 11.9 Å². The number of thiazole rings is 1. The zero-order chi connectivity index (χ0) is 22.9. The minimum atomic E-state index is -1.76. The number of β-lactam (4-membered cyclic amide) rings is 1. The lowest BCUT2D eigenvalue weighted by Crippen LogP contribution is -2.74. The highest BCUT2D eigenvalue weighted by atomic mass is 32.2. The third-order valence-electron chi connectivity index (χ3n) is 4.31. The lowest BCUT2D eigenvalue weighted by molar-refractivity contribution is -0.150. The van der Waals surface area contributed by atoms with E-state index >= 15 is 0 Å². The maximum Gasteiger partial charge on any atom is 0.352 e. The molecule has 0 radical (unpaired) electrons. The Bertz CT molecular complexity index is 1050. The normalized spacial score (nSPS) is 23.0. The fourth-order valence-electron chi connectivity index (χ4n) is 3.05. The summed E-state index contributed by atoms with van der Waals surface area (Å²) < 4.78 is 17.5. The lowest BCUT2D eigenvalue weighted by Gasteiger charge is -2.48. The summed E-state index contributed by atoms with van der Waals surface area (Å²) >= 11 is 1.06. The summed E-state index contributed by atoms with van der Waals surface area (Å²) in [5, 5.41) is 16.1. The lowest BCUT2D eigenvalue weighted by atomic mass is 10.0. The number of fused-ring (bicyclic) bond motifs is 1. The molecule has 1 fully saturated rings. The molecule has 0 bridgehead atoms. The van der Waals surface area contributed by atoms with Crippen LogP contribution in [-0.4, -0.2) is 79.5 Å². The SMILES string of the molecule is CO/N=C(/C(=O)N[C@@H]1C(=O)N2C(C(=O)O)=C(COC(C)=O)CS(=O)[C@H]12)c1csc(N)n1. The van der Waals surface area contributed by atoms with Gasteiger partial charge in [-0.1, -0.05) is 5.16 Å². The number of ether oxygens (including phenoxy) is 1.